The maximum atomic E-state index is 12.3. The molecule has 0 amide bonds. The quantitative estimate of drug-likeness (QED) is 0.887. The van der Waals surface area contributed by atoms with Gasteiger partial charge in [-0.3, -0.25) is 0 Å². The van der Waals surface area contributed by atoms with Gasteiger partial charge in [0.15, 0.2) is 0 Å². The van der Waals surface area contributed by atoms with Gasteiger partial charge in [-0.15, -0.1) is 0 Å². The third-order valence-corrected chi connectivity index (χ3v) is 5.51. The summed E-state index contributed by atoms with van der Waals surface area (Å²) in [5, 5.41) is 3.48. The van der Waals surface area contributed by atoms with Crippen molar-refractivity contribution in [2.75, 3.05) is 13.1 Å². The predicted octanol–water partition coefficient (Wildman–Crippen LogP) is 2.68. The van der Waals surface area contributed by atoms with Crippen molar-refractivity contribution in [1.29, 1.82) is 0 Å². The van der Waals surface area contributed by atoms with Crippen molar-refractivity contribution < 1.29 is 8.42 Å². The Kier molecular flexibility index (Phi) is 4.98. The van der Waals surface area contributed by atoms with Gasteiger partial charge >= 0.3 is 0 Å². The zero-order chi connectivity index (χ0) is 14.0. The minimum Gasteiger partial charge on any atom is -0.315 e. The molecule has 1 heterocycles. The number of hydrogen-bond acceptors (Lipinski definition) is 3. The highest BCUT2D eigenvalue weighted by Crippen LogP contribution is 2.32. The van der Waals surface area contributed by atoms with Crippen LogP contribution >= 0.6 is 34.8 Å². The lowest BCUT2D eigenvalue weighted by molar-refractivity contribution is 0.428. The average molecular weight is 344 g/mol. The van der Waals surface area contributed by atoms with Gasteiger partial charge in [0.1, 0.15) is 4.90 Å². The number of benzene rings is 1. The summed E-state index contributed by atoms with van der Waals surface area (Å²) in [6.45, 7) is 1.50. The first-order valence-corrected chi connectivity index (χ1v) is 8.39. The van der Waals surface area contributed by atoms with Gasteiger partial charge in [-0.05, 0) is 31.5 Å². The molecule has 1 aromatic rings. The summed E-state index contributed by atoms with van der Waals surface area (Å²) in [6, 6.07) is 2.58. The minimum atomic E-state index is -3.75. The first kappa shape index (κ1) is 15.4. The number of hydrogen-bond donors (Lipinski definition) is 2. The van der Waals surface area contributed by atoms with Crippen LogP contribution in [0, 0.1) is 0 Å². The molecule has 0 unspecified atom stereocenters. The molecular weight excluding hydrogens is 331 g/mol. The SMILES string of the molecule is O=S(=O)(N[C@@H]1CCCNC1)c1c(Cl)cc(Cl)cc1Cl. The van der Waals surface area contributed by atoms with Crippen LogP contribution in [0.3, 0.4) is 0 Å². The molecule has 0 saturated carbocycles. The Bertz CT molecular complexity index is 548. The van der Waals surface area contributed by atoms with Crippen LogP contribution in [0.5, 0.6) is 0 Å². The molecule has 19 heavy (non-hydrogen) atoms. The molecule has 0 aliphatic carbocycles. The van der Waals surface area contributed by atoms with Gasteiger partial charge in [-0.25, -0.2) is 13.1 Å². The van der Waals surface area contributed by atoms with E-state index in [-0.39, 0.29) is 21.0 Å². The van der Waals surface area contributed by atoms with Crippen molar-refractivity contribution in [2.45, 2.75) is 23.8 Å². The van der Waals surface area contributed by atoms with Gasteiger partial charge in [0, 0.05) is 17.6 Å². The molecule has 106 valence electrons. The normalized spacial score (nSPS) is 20.5. The molecule has 1 aliphatic rings. The van der Waals surface area contributed by atoms with E-state index in [1.165, 1.54) is 12.1 Å². The molecular formula is C11H13Cl3N2O2S. The van der Waals surface area contributed by atoms with E-state index >= 15 is 0 Å². The largest absolute Gasteiger partial charge is 0.315 e. The third-order valence-electron chi connectivity index (χ3n) is 2.85. The molecule has 2 rings (SSSR count). The summed E-state index contributed by atoms with van der Waals surface area (Å²) in [6.07, 6.45) is 1.71. The summed E-state index contributed by atoms with van der Waals surface area (Å²) in [5.74, 6) is 0. The number of piperidine rings is 1. The monoisotopic (exact) mass is 342 g/mol. The van der Waals surface area contributed by atoms with E-state index in [0.29, 0.717) is 11.6 Å². The smallest absolute Gasteiger partial charge is 0.243 e. The fourth-order valence-corrected chi connectivity index (χ4v) is 4.83. The first-order chi connectivity index (χ1) is 8.90. The van der Waals surface area contributed by atoms with Crippen molar-refractivity contribution in [1.82, 2.24) is 10.0 Å². The average Bonchev–Trinajstić information content (AvgIpc) is 2.27. The Hall–Kier alpha value is -0.0400. The maximum absolute atomic E-state index is 12.3. The van der Waals surface area contributed by atoms with Crippen LogP contribution in [0.1, 0.15) is 12.8 Å². The zero-order valence-electron chi connectivity index (χ0n) is 9.92. The van der Waals surface area contributed by atoms with E-state index in [2.05, 4.69) is 10.0 Å². The van der Waals surface area contributed by atoms with Crippen molar-refractivity contribution in [3.8, 4) is 0 Å². The van der Waals surface area contributed by atoms with Crippen LogP contribution in [0.25, 0.3) is 0 Å². The second-order valence-corrected chi connectivity index (χ2v) is 7.26. The fraction of sp³-hybridized carbons (Fsp3) is 0.455. The van der Waals surface area contributed by atoms with Crippen molar-refractivity contribution in [3.05, 3.63) is 27.2 Å². The van der Waals surface area contributed by atoms with Crippen LogP contribution in [0.15, 0.2) is 17.0 Å². The van der Waals surface area contributed by atoms with Crippen LogP contribution in [0.4, 0.5) is 0 Å². The van der Waals surface area contributed by atoms with E-state index in [1.54, 1.807) is 0 Å². The summed E-state index contributed by atoms with van der Waals surface area (Å²) < 4.78 is 27.2. The lowest BCUT2D eigenvalue weighted by atomic mass is 10.1. The van der Waals surface area contributed by atoms with Gasteiger partial charge in [0.2, 0.25) is 10.0 Å². The van der Waals surface area contributed by atoms with Gasteiger partial charge in [-0.2, -0.15) is 0 Å². The molecule has 1 aromatic carbocycles. The number of nitrogens with one attached hydrogen (secondary N) is 2. The predicted molar refractivity (Wildman–Crippen MR) is 77.7 cm³/mol. The Labute approximate surface area is 127 Å². The van der Waals surface area contributed by atoms with Crippen molar-refractivity contribution in [3.63, 3.8) is 0 Å². The highest BCUT2D eigenvalue weighted by Gasteiger charge is 2.26. The van der Waals surface area contributed by atoms with Gasteiger partial charge in [-0.1, -0.05) is 34.8 Å². The van der Waals surface area contributed by atoms with Crippen LogP contribution in [0.2, 0.25) is 15.1 Å². The number of sulfonamides is 1. The highest BCUT2D eigenvalue weighted by molar-refractivity contribution is 7.89. The Morgan fingerprint density at radius 2 is 1.84 bits per heavy atom. The van der Waals surface area contributed by atoms with E-state index in [1.807, 2.05) is 0 Å². The molecule has 4 nitrogen and oxygen atoms in total. The van der Waals surface area contributed by atoms with Crippen molar-refractivity contribution >= 4 is 44.8 Å². The van der Waals surface area contributed by atoms with Gasteiger partial charge < -0.3 is 5.32 Å². The maximum Gasteiger partial charge on any atom is 0.243 e. The number of rotatable bonds is 3. The first-order valence-electron chi connectivity index (χ1n) is 5.78. The van der Waals surface area contributed by atoms with E-state index < -0.39 is 10.0 Å². The molecule has 1 fully saturated rings. The topological polar surface area (TPSA) is 58.2 Å². The van der Waals surface area contributed by atoms with Gasteiger partial charge in [0.05, 0.1) is 10.0 Å². The Balaban J connectivity index is 2.29. The molecule has 8 heteroatoms. The summed E-state index contributed by atoms with van der Waals surface area (Å²) in [7, 11) is -3.75. The third kappa shape index (κ3) is 3.74. The van der Waals surface area contributed by atoms with Crippen LogP contribution in [-0.2, 0) is 10.0 Å². The highest BCUT2D eigenvalue weighted by atomic mass is 35.5. The number of halogens is 3. The lowest BCUT2D eigenvalue weighted by Crippen LogP contribution is -2.45. The summed E-state index contributed by atoms with van der Waals surface area (Å²) in [4.78, 5) is -0.120. The van der Waals surface area contributed by atoms with E-state index in [4.69, 9.17) is 34.8 Å². The molecule has 2 N–H and O–H groups in total. The molecule has 0 radical (unpaired) electrons. The fourth-order valence-electron chi connectivity index (χ4n) is 2.02. The minimum absolute atomic E-state index is 0.0220. The Morgan fingerprint density at radius 1 is 1.21 bits per heavy atom. The van der Waals surface area contributed by atoms with E-state index in [0.717, 1.165) is 19.4 Å². The standard InChI is InChI=1S/C11H13Cl3N2O2S/c12-7-4-9(13)11(10(14)5-7)19(17,18)16-8-2-1-3-15-6-8/h4-5,8,15-16H,1-3,6H2/t8-/m1/s1. The lowest BCUT2D eigenvalue weighted by Gasteiger charge is -2.24. The van der Waals surface area contributed by atoms with Crippen LogP contribution in [-0.4, -0.2) is 27.5 Å². The molecule has 0 spiro atoms. The van der Waals surface area contributed by atoms with E-state index in [9.17, 15) is 8.42 Å². The molecule has 1 aliphatic heterocycles. The molecule has 1 saturated heterocycles. The summed E-state index contributed by atoms with van der Waals surface area (Å²) in [5.41, 5.74) is 0. The van der Waals surface area contributed by atoms with Gasteiger partial charge in [0.25, 0.3) is 0 Å². The Morgan fingerprint density at radius 3 is 2.37 bits per heavy atom. The summed E-state index contributed by atoms with van der Waals surface area (Å²) >= 11 is 17.6. The second kappa shape index (κ2) is 6.16. The molecule has 0 aromatic heterocycles. The second-order valence-electron chi connectivity index (χ2n) is 4.36. The van der Waals surface area contributed by atoms with Crippen LogP contribution < -0.4 is 10.0 Å². The zero-order valence-corrected chi connectivity index (χ0v) is 13.0. The molecule has 1 atom stereocenters. The molecule has 0 bridgehead atoms. The van der Waals surface area contributed by atoms with Crippen molar-refractivity contribution in [2.24, 2.45) is 0 Å².